The Morgan fingerprint density at radius 2 is 2.00 bits per heavy atom. The molecule has 0 radical (unpaired) electrons. The van der Waals surface area contributed by atoms with E-state index >= 15 is 0 Å². The van der Waals surface area contributed by atoms with Gasteiger partial charge in [-0.1, -0.05) is 22.9 Å². The SMILES string of the molecule is CCNC(c1ccoc1)c1cc2c(cc1Br)OCCO2. The molecule has 1 N–H and O–H groups in total. The molecule has 1 aliphatic heterocycles. The van der Waals surface area contributed by atoms with Gasteiger partial charge in [0.2, 0.25) is 0 Å². The van der Waals surface area contributed by atoms with Gasteiger partial charge < -0.3 is 19.2 Å². The first-order valence-electron chi connectivity index (χ1n) is 6.64. The first-order chi connectivity index (χ1) is 9.79. The largest absolute Gasteiger partial charge is 0.486 e. The van der Waals surface area contributed by atoms with Gasteiger partial charge in [-0.3, -0.25) is 0 Å². The first kappa shape index (κ1) is 13.5. The molecule has 106 valence electrons. The number of ether oxygens (including phenoxy) is 2. The van der Waals surface area contributed by atoms with E-state index in [0.717, 1.165) is 33.6 Å². The molecular weight excluding hydrogens is 322 g/mol. The van der Waals surface area contributed by atoms with E-state index in [4.69, 9.17) is 13.9 Å². The number of furan rings is 1. The Morgan fingerprint density at radius 3 is 2.65 bits per heavy atom. The third kappa shape index (κ3) is 2.55. The molecule has 0 fully saturated rings. The fourth-order valence-corrected chi connectivity index (χ4v) is 2.90. The second kappa shape index (κ2) is 5.89. The van der Waals surface area contributed by atoms with Crippen LogP contribution < -0.4 is 14.8 Å². The predicted octanol–water partition coefficient (Wildman–Crippen LogP) is 3.51. The molecule has 1 unspecified atom stereocenters. The van der Waals surface area contributed by atoms with Gasteiger partial charge in [0.1, 0.15) is 13.2 Å². The number of halogens is 1. The van der Waals surface area contributed by atoms with Crippen molar-refractivity contribution >= 4 is 15.9 Å². The highest BCUT2D eigenvalue weighted by Gasteiger charge is 2.21. The predicted molar refractivity (Wildman–Crippen MR) is 79.4 cm³/mol. The number of nitrogens with one attached hydrogen (secondary N) is 1. The maximum atomic E-state index is 5.67. The lowest BCUT2D eigenvalue weighted by Gasteiger charge is -2.23. The zero-order valence-corrected chi connectivity index (χ0v) is 12.8. The van der Waals surface area contributed by atoms with Crippen LogP contribution in [0.1, 0.15) is 24.1 Å². The molecule has 2 aromatic rings. The zero-order chi connectivity index (χ0) is 13.9. The number of hydrogen-bond donors (Lipinski definition) is 1. The molecule has 5 heteroatoms. The van der Waals surface area contributed by atoms with Crippen LogP contribution in [0.25, 0.3) is 0 Å². The van der Waals surface area contributed by atoms with Gasteiger partial charge in [-0.2, -0.15) is 0 Å². The highest BCUT2D eigenvalue weighted by Crippen LogP contribution is 2.39. The van der Waals surface area contributed by atoms with Gasteiger partial charge in [0, 0.05) is 10.0 Å². The maximum Gasteiger partial charge on any atom is 0.162 e. The van der Waals surface area contributed by atoms with E-state index in [2.05, 4.69) is 28.2 Å². The van der Waals surface area contributed by atoms with Crippen LogP contribution in [0.2, 0.25) is 0 Å². The summed E-state index contributed by atoms with van der Waals surface area (Å²) in [5.74, 6) is 1.58. The fraction of sp³-hybridized carbons (Fsp3) is 0.333. The van der Waals surface area contributed by atoms with Crippen molar-refractivity contribution in [2.24, 2.45) is 0 Å². The molecule has 1 atom stereocenters. The molecule has 0 bridgehead atoms. The molecule has 0 saturated heterocycles. The van der Waals surface area contributed by atoms with Crippen LogP contribution >= 0.6 is 15.9 Å². The number of benzene rings is 1. The summed E-state index contributed by atoms with van der Waals surface area (Å²) in [6.45, 7) is 4.12. The minimum absolute atomic E-state index is 0.0592. The van der Waals surface area contributed by atoms with Crippen molar-refractivity contribution in [3.63, 3.8) is 0 Å². The summed E-state index contributed by atoms with van der Waals surface area (Å²) in [6, 6.07) is 6.02. The lowest BCUT2D eigenvalue weighted by molar-refractivity contribution is 0.171. The highest BCUT2D eigenvalue weighted by atomic mass is 79.9. The van der Waals surface area contributed by atoms with Crippen molar-refractivity contribution in [1.82, 2.24) is 5.32 Å². The van der Waals surface area contributed by atoms with Crippen LogP contribution in [0.5, 0.6) is 11.5 Å². The normalized spacial score (nSPS) is 15.1. The van der Waals surface area contributed by atoms with E-state index < -0.39 is 0 Å². The Morgan fingerprint density at radius 1 is 1.25 bits per heavy atom. The quantitative estimate of drug-likeness (QED) is 0.927. The first-order valence-corrected chi connectivity index (χ1v) is 7.43. The Kier molecular flexibility index (Phi) is 3.98. The standard InChI is InChI=1S/C15H16BrNO3/c1-2-17-15(10-3-4-18-9-10)11-7-13-14(8-12(11)16)20-6-5-19-13/h3-4,7-9,15,17H,2,5-6H2,1H3. The monoisotopic (exact) mass is 337 g/mol. The average Bonchev–Trinajstić information content (AvgIpc) is 2.98. The summed E-state index contributed by atoms with van der Waals surface area (Å²) < 4.78 is 17.5. The van der Waals surface area contributed by atoms with Gasteiger partial charge in [0.05, 0.1) is 18.6 Å². The van der Waals surface area contributed by atoms with Crippen molar-refractivity contribution in [3.05, 3.63) is 46.3 Å². The van der Waals surface area contributed by atoms with Crippen molar-refractivity contribution in [3.8, 4) is 11.5 Å². The molecule has 0 spiro atoms. The second-order valence-corrected chi connectivity index (χ2v) is 5.42. The summed E-state index contributed by atoms with van der Waals surface area (Å²) in [7, 11) is 0. The summed E-state index contributed by atoms with van der Waals surface area (Å²) in [6.07, 6.45) is 3.45. The van der Waals surface area contributed by atoms with Gasteiger partial charge >= 0.3 is 0 Å². The van der Waals surface area contributed by atoms with E-state index in [1.54, 1.807) is 12.5 Å². The summed E-state index contributed by atoms with van der Waals surface area (Å²) in [5, 5.41) is 3.46. The van der Waals surface area contributed by atoms with Crippen molar-refractivity contribution in [1.29, 1.82) is 0 Å². The molecule has 1 aromatic heterocycles. The van der Waals surface area contributed by atoms with E-state index in [9.17, 15) is 0 Å². The van der Waals surface area contributed by atoms with Crippen LogP contribution in [0.15, 0.2) is 39.6 Å². The number of hydrogen-bond acceptors (Lipinski definition) is 4. The second-order valence-electron chi connectivity index (χ2n) is 4.56. The molecule has 0 saturated carbocycles. The zero-order valence-electron chi connectivity index (χ0n) is 11.2. The molecule has 0 amide bonds. The van der Waals surface area contributed by atoms with Gasteiger partial charge in [-0.25, -0.2) is 0 Å². The van der Waals surface area contributed by atoms with Crippen LogP contribution in [-0.4, -0.2) is 19.8 Å². The van der Waals surface area contributed by atoms with E-state index in [1.807, 2.05) is 18.2 Å². The highest BCUT2D eigenvalue weighted by molar-refractivity contribution is 9.10. The summed E-state index contributed by atoms with van der Waals surface area (Å²) >= 11 is 3.63. The van der Waals surface area contributed by atoms with Gasteiger partial charge in [-0.05, 0) is 30.3 Å². The minimum Gasteiger partial charge on any atom is -0.486 e. The third-order valence-corrected chi connectivity index (χ3v) is 3.94. The van der Waals surface area contributed by atoms with E-state index in [1.165, 1.54) is 0 Å². The third-order valence-electron chi connectivity index (χ3n) is 3.26. The Labute approximate surface area is 126 Å². The molecule has 3 rings (SSSR count). The maximum absolute atomic E-state index is 5.67. The molecule has 1 aromatic carbocycles. The number of rotatable bonds is 4. The molecule has 2 heterocycles. The molecule has 1 aliphatic rings. The minimum atomic E-state index is 0.0592. The lowest BCUT2D eigenvalue weighted by Crippen LogP contribution is -2.23. The topological polar surface area (TPSA) is 43.6 Å². The van der Waals surface area contributed by atoms with Gasteiger partial charge in [0.15, 0.2) is 11.5 Å². The van der Waals surface area contributed by atoms with E-state index in [-0.39, 0.29) is 6.04 Å². The molecule has 20 heavy (non-hydrogen) atoms. The summed E-state index contributed by atoms with van der Waals surface area (Å²) in [5.41, 5.74) is 2.20. The lowest BCUT2D eigenvalue weighted by atomic mass is 10.0. The Hall–Kier alpha value is -1.46. The van der Waals surface area contributed by atoms with Gasteiger partial charge in [-0.15, -0.1) is 0 Å². The summed E-state index contributed by atoms with van der Waals surface area (Å²) in [4.78, 5) is 0. The average molecular weight is 338 g/mol. The smallest absolute Gasteiger partial charge is 0.162 e. The fourth-order valence-electron chi connectivity index (χ4n) is 2.35. The molecular formula is C15H16BrNO3. The van der Waals surface area contributed by atoms with Crippen LogP contribution in [0.4, 0.5) is 0 Å². The van der Waals surface area contributed by atoms with E-state index in [0.29, 0.717) is 13.2 Å². The van der Waals surface area contributed by atoms with Crippen molar-refractivity contribution in [2.75, 3.05) is 19.8 Å². The molecule has 4 nitrogen and oxygen atoms in total. The van der Waals surface area contributed by atoms with Crippen LogP contribution in [0, 0.1) is 0 Å². The van der Waals surface area contributed by atoms with Crippen molar-refractivity contribution in [2.45, 2.75) is 13.0 Å². The van der Waals surface area contributed by atoms with Crippen LogP contribution in [0.3, 0.4) is 0 Å². The number of fused-ring (bicyclic) bond motifs is 1. The molecule has 0 aliphatic carbocycles. The Balaban J connectivity index is 2.02. The Bertz CT molecular complexity index is 583. The van der Waals surface area contributed by atoms with Gasteiger partial charge in [0.25, 0.3) is 0 Å². The van der Waals surface area contributed by atoms with Crippen molar-refractivity contribution < 1.29 is 13.9 Å². The van der Waals surface area contributed by atoms with Crippen LogP contribution in [-0.2, 0) is 0 Å².